The van der Waals surface area contributed by atoms with E-state index in [0.717, 1.165) is 21.8 Å². The molecule has 0 atom stereocenters. The van der Waals surface area contributed by atoms with Crippen LogP contribution >= 0.6 is 22.9 Å². The van der Waals surface area contributed by atoms with Crippen molar-refractivity contribution < 1.29 is 9.53 Å². The first-order valence-corrected chi connectivity index (χ1v) is 8.44. The summed E-state index contributed by atoms with van der Waals surface area (Å²) in [7, 11) is 0. The molecule has 3 N–H and O–H groups in total. The van der Waals surface area contributed by atoms with Crippen molar-refractivity contribution in [3.63, 3.8) is 0 Å². The van der Waals surface area contributed by atoms with E-state index in [-0.39, 0.29) is 12.5 Å². The number of amides is 1. The average molecular weight is 358 g/mol. The molecule has 24 heavy (non-hydrogen) atoms. The molecule has 120 valence electrons. The molecule has 2 aromatic carbocycles. The second-order valence-corrected chi connectivity index (χ2v) is 6.59. The lowest BCUT2D eigenvalue weighted by Crippen LogP contribution is -2.25. The van der Waals surface area contributed by atoms with Gasteiger partial charge < -0.3 is 15.8 Å². The van der Waals surface area contributed by atoms with Gasteiger partial charge in [0, 0.05) is 16.5 Å². The Bertz CT molecular complexity index is 955. The molecule has 4 rings (SSSR count). The van der Waals surface area contributed by atoms with Gasteiger partial charge in [-0.1, -0.05) is 17.7 Å². The topological polar surface area (TPSA) is 77.2 Å². The van der Waals surface area contributed by atoms with E-state index in [9.17, 15) is 4.79 Å². The number of nitrogens with one attached hydrogen (secondary N) is 1. The van der Waals surface area contributed by atoms with Gasteiger partial charge in [0.1, 0.15) is 10.8 Å². The first kappa shape index (κ1) is 15.0. The van der Waals surface area contributed by atoms with Crippen LogP contribution in [0.15, 0.2) is 41.8 Å². The van der Waals surface area contributed by atoms with E-state index in [2.05, 4.69) is 10.3 Å². The van der Waals surface area contributed by atoms with Gasteiger partial charge in [0.15, 0.2) is 6.61 Å². The third-order valence-corrected chi connectivity index (χ3v) is 4.89. The molecule has 1 aliphatic heterocycles. The Morgan fingerprint density at radius 2 is 2.04 bits per heavy atom. The fraction of sp³-hybridized carbons (Fsp3) is 0.0588. The number of nitrogen functional groups attached to an aromatic ring is 1. The molecular weight excluding hydrogens is 346 g/mol. The van der Waals surface area contributed by atoms with Gasteiger partial charge >= 0.3 is 0 Å². The fourth-order valence-corrected chi connectivity index (χ4v) is 3.40. The zero-order valence-corrected chi connectivity index (χ0v) is 13.9. The van der Waals surface area contributed by atoms with Gasteiger partial charge in [-0.2, -0.15) is 0 Å². The molecule has 0 radical (unpaired) electrons. The first-order valence-electron chi connectivity index (χ1n) is 7.18. The predicted octanol–water partition coefficient (Wildman–Crippen LogP) is 4.04. The molecule has 1 aromatic heterocycles. The van der Waals surface area contributed by atoms with Gasteiger partial charge in [0.2, 0.25) is 0 Å². The van der Waals surface area contributed by atoms with Gasteiger partial charge in [-0.05, 0) is 30.3 Å². The molecule has 2 heterocycles. The minimum absolute atomic E-state index is 0.0468. The van der Waals surface area contributed by atoms with Crippen molar-refractivity contribution in [2.24, 2.45) is 0 Å². The summed E-state index contributed by atoms with van der Waals surface area (Å²) in [5, 5.41) is 6.15. The third-order valence-electron chi connectivity index (χ3n) is 3.66. The number of thiazole rings is 1. The Kier molecular flexibility index (Phi) is 3.63. The van der Waals surface area contributed by atoms with Crippen molar-refractivity contribution in [1.82, 2.24) is 4.98 Å². The quantitative estimate of drug-likeness (QED) is 0.678. The lowest BCUT2D eigenvalue weighted by molar-refractivity contribution is -0.118. The monoisotopic (exact) mass is 357 g/mol. The highest BCUT2D eigenvalue weighted by atomic mass is 35.5. The number of nitrogens with zero attached hydrogens (tertiary/aromatic N) is 1. The number of halogens is 1. The lowest BCUT2D eigenvalue weighted by Gasteiger charge is -2.18. The zero-order valence-electron chi connectivity index (χ0n) is 12.4. The predicted molar refractivity (Wildman–Crippen MR) is 96.5 cm³/mol. The fourth-order valence-electron chi connectivity index (χ4n) is 2.46. The van der Waals surface area contributed by atoms with Crippen LogP contribution in [0.5, 0.6) is 5.75 Å². The largest absolute Gasteiger partial charge is 0.482 e. The molecule has 3 aromatic rings. The molecule has 0 fully saturated rings. The van der Waals surface area contributed by atoms with Crippen LogP contribution < -0.4 is 15.8 Å². The molecule has 0 saturated carbocycles. The number of hydrogen-bond acceptors (Lipinski definition) is 5. The summed E-state index contributed by atoms with van der Waals surface area (Å²) >= 11 is 7.48. The molecule has 7 heteroatoms. The minimum atomic E-state index is -0.157. The van der Waals surface area contributed by atoms with Gasteiger partial charge in [-0.25, -0.2) is 4.98 Å². The maximum atomic E-state index is 11.4. The van der Waals surface area contributed by atoms with Crippen molar-refractivity contribution >= 4 is 40.2 Å². The number of anilines is 2. The van der Waals surface area contributed by atoms with Crippen LogP contribution in [-0.2, 0) is 4.79 Å². The highest BCUT2D eigenvalue weighted by Gasteiger charge is 2.17. The van der Waals surface area contributed by atoms with Crippen molar-refractivity contribution in [2.45, 2.75) is 0 Å². The van der Waals surface area contributed by atoms with Gasteiger partial charge in [-0.3, -0.25) is 4.79 Å². The van der Waals surface area contributed by atoms with E-state index >= 15 is 0 Å². The number of rotatable bonds is 2. The van der Waals surface area contributed by atoms with E-state index in [1.54, 1.807) is 6.07 Å². The first-order chi connectivity index (χ1) is 11.6. The van der Waals surface area contributed by atoms with Crippen molar-refractivity contribution in [3.8, 4) is 27.6 Å². The molecule has 1 aliphatic rings. The second kappa shape index (κ2) is 5.81. The Labute approximate surface area is 147 Å². The standard InChI is InChI=1S/C17H12ClN3O2S/c18-11-3-1-10(5-12(11)19)17-21-14(8-24-17)9-2-4-15-13(6-9)20-16(22)7-23-15/h1-6,8H,7,19H2,(H,20,22). The van der Waals surface area contributed by atoms with Crippen LogP contribution in [0.3, 0.4) is 0 Å². The molecule has 0 spiro atoms. The van der Waals surface area contributed by atoms with Crippen LogP contribution in [0.25, 0.3) is 21.8 Å². The van der Waals surface area contributed by atoms with E-state index < -0.39 is 0 Å². The number of benzene rings is 2. The highest BCUT2D eigenvalue weighted by molar-refractivity contribution is 7.13. The summed E-state index contributed by atoms with van der Waals surface area (Å²) < 4.78 is 5.37. The van der Waals surface area contributed by atoms with Crippen LogP contribution in [0, 0.1) is 0 Å². The molecule has 1 amide bonds. The maximum absolute atomic E-state index is 11.4. The van der Waals surface area contributed by atoms with Crippen LogP contribution in [0.4, 0.5) is 11.4 Å². The van der Waals surface area contributed by atoms with Crippen LogP contribution in [-0.4, -0.2) is 17.5 Å². The van der Waals surface area contributed by atoms with Crippen molar-refractivity contribution in [1.29, 1.82) is 0 Å². The Morgan fingerprint density at radius 3 is 2.88 bits per heavy atom. The molecule has 5 nitrogen and oxygen atoms in total. The van der Waals surface area contributed by atoms with Gasteiger partial charge in [0.25, 0.3) is 5.91 Å². The van der Waals surface area contributed by atoms with Gasteiger partial charge in [0.05, 0.1) is 22.1 Å². The minimum Gasteiger partial charge on any atom is -0.482 e. The molecule has 0 bridgehead atoms. The molecule has 0 saturated heterocycles. The zero-order chi connectivity index (χ0) is 16.7. The second-order valence-electron chi connectivity index (χ2n) is 5.32. The molecular formula is C17H12ClN3O2S. The average Bonchev–Trinajstić information content (AvgIpc) is 3.06. The smallest absolute Gasteiger partial charge is 0.262 e. The van der Waals surface area contributed by atoms with E-state index in [1.165, 1.54) is 11.3 Å². The number of aromatic nitrogens is 1. The van der Waals surface area contributed by atoms with E-state index in [0.29, 0.717) is 22.1 Å². The summed E-state index contributed by atoms with van der Waals surface area (Å²) in [4.78, 5) is 16.1. The number of nitrogens with two attached hydrogens (primary N) is 1. The molecule has 0 unspecified atom stereocenters. The normalized spacial score (nSPS) is 13.1. The van der Waals surface area contributed by atoms with Crippen LogP contribution in [0.2, 0.25) is 5.02 Å². The Hall–Kier alpha value is -2.57. The van der Waals surface area contributed by atoms with Crippen molar-refractivity contribution in [2.75, 3.05) is 17.7 Å². The lowest BCUT2D eigenvalue weighted by atomic mass is 10.1. The van der Waals surface area contributed by atoms with Crippen molar-refractivity contribution in [3.05, 3.63) is 46.8 Å². The SMILES string of the molecule is Nc1cc(-c2nc(-c3ccc4c(c3)NC(=O)CO4)cs2)ccc1Cl. The number of ether oxygens (including phenoxy) is 1. The van der Waals surface area contributed by atoms with E-state index in [4.69, 9.17) is 22.1 Å². The summed E-state index contributed by atoms with van der Waals surface area (Å²) in [5.74, 6) is 0.509. The Morgan fingerprint density at radius 1 is 1.21 bits per heavy atom. The number of hydrogen-bond donors (Lipinski definition) is 2. The number of fused-ring (bicyclic) bond motifs is 1. The van der Waals surface area contributed by atoms with E-state index in [1.807, 2.05) is 35.7 Å². The summed E-state index contributed by atoms with van der Waals surface area (Å²) in [6, 6.07) is 11.1. The number of carbonyl (C=O) groups excluding carboxylic acids is 1. The Balaban J connectivity index is 1.69. The number of carbonyl (C=O) groups is 1. The highest BCUT2D eigenvalue weighted by Crippen LogP contribution is 2.35. The maximum Gasteiger partial charge on any atom is 0.262 e. The molecule has 0 aliphatic carbocycles. The summed E-state index contributed by atoms with van der Waals surface area (Å²) in [6.45, 7) is 0.0468. The van der Waals surface area contributed by atoms with Gasteiger partial charge in [-0.15, -0.1) is 11.3 Å². The summed E-state index contributed by atoms with van der Waals surface area (Å²) in [6.07, 6.45) is 0. The third kappa shape index (κ3) is 2.70. The van der Waals surface area contributed by atoms with Crippen LogP contribution in [0.1, 0.15) is 0 Å². The summed E-state index contributed by atoms with van der Waals surface area (Å²) in [5.41, 5.74) is 9.70.